The molecule has 0 aliphatic heterocycles. The van der Waals surface area contributed by atoms with Crippen molar-refractivity contribution in [2.24, 2.45) is 22.9 Å². The summed E-state index contributed by atoms with van der Waals surface area (Å²) >= 11 is 0. The van der Waals surface area contributed by atoms with Crippen molar-refractivity contribution >= 4 is 12.1 Å². The molecule has 0 aromatic rings. The molecule has 0 aromatic heterocycles. The highest BCUT2D eigenvalue weighted by molar-refractivity contribution is 5.71. The second-order valence-corrected chi connectivity index (χ2v) is 2.31. The average Bonchev–Trinajstić information content (AvgIpc) is 1.98. The average molecular weight is 207 g/mol. The molecule has 8 heteroatoms. The Morgan fingerprint density at radius 3 is 2.21 bits per heavy atom. The Morgan fingerprint density at radius 2 is 1.93 bits per heavy atom. The van der Waals surface area contributed by atoms with Gasteiger partial charge in [-0.15, -0.1) is 0 Å². The lowest BCUT2D eigenvalue weighted by Gasteiger charge is -2.08. The first-order chi connectivity index (χ1) is 6.40. The summed E-state index contributed by atoms with van der Waals surface area (Å²) < 4.78 is 4.19. The van der Waals surface area contributed by atoms with Crippen molar-refractivity contribution in [3.63, 3.8) is 0 Å². The Labute approximate surface area is 81.7 Å². The van der Waals surface area contributed by atoms with Crippen molar-refractivity contribution in [3.05, 3.63) is 0 Å². The molecule has 1 unspecified atom stereocenters. The van der Waals surface area contributed by atoms with Gasteiger partial charge in [-0.2, -0.15) is 0 Å². The number of ether oxygens (including phenoxy) is 1. The smallest absolute Gasteiger partial charge is 0.450 e. The molecule has 0 bridgehead atoms. The minimum Gasteiger partial charge on any atom is -0.450 e. The zero-order valence-corrected chi connectivity index (χ0v) is 7.77. The fraction of sp³-hybridized carbons (Fsp3) is 0.667. The summed E-state index contributed by atoms with van der Waals surface area (Å²) in [6.07, 6.45) is -0.928. The third kappa shape index (κ3) is 22.4. The maximum atomic E-state index is 9.84. The molecule has 0 radical (unpaired) electrons. The Kier molecular flexibility index (Phi) is 10.2. The molecule has 0 saturated carbocycles. The van der Waals surface area contributed by atoms with E-state index in [4.69, 9.17) is 22.0 Å². The molecule has 0 aromatic carbocycles. The first-order valence-electron chi connectivity index (χ1n) is 3.84. The Balaban J connectivity index is 0. The van der Waals surface area contributed by atoms with Crippen LogP contribution in [0, 0.1) is 5.41 Å². The van der Waals surface area contributed by atoms with E-state index in [1.54, 1.807) is 0 Å². The van der Waals surface area contributed by atoms with Crippen molar-refractivity contribution in [1.29, 1.82) is 5.41 Å². The van der Waals surface area contributed by atoms with E-state index >= 15 is 0 Å². The first-order valence-corrected chi connectivity index (χ1v) is 3.84. The van der Waals surface area contributed by atoms with Gasteiger partial charge < -0.3 is 27.0 Å². The zero-order chi connectivity index (χ0) is 11.6. The molecule has 0 heterocycles. The predicted octanol–water partition coefficient (Wildman–Crippen LogP) is -1.46. The topological polar surface area (TPSA) is 174 Å². The zero-order valence-electron chi connectivity index (χ0n) is 7.77. The van der Waals surface area contributed by atoms with Gasteiger partial charge in [0, 0.05) is 0 Å². The second kappa shape index (κ2) is 9.55. The molecule has 0 saturated heterocycles. The quantitative estimate of drug-likeness (QED) is 0.141. The number of carbonyl (C=O) groups is 1. The standard InChI is InChI=1S/C5H12N2O3.CH5N3/c6-3-1-2-4(7)10-5(8)9;2-1(3)4/h4H,1-3,6-7H2,(H,8,9);(H5,2,3,4). The van der Waals surface area contributed by atoms with Crippen LogP contribution in [0.4, 0.5) is 4.79 Å². The molecule has 14 heavy (non-hydrogen) atoms. The highest BCUT2D eigenvalue weighted by atomic mass is 16.7. The van der Waals surface area contributed by atoms with Gasteiger partial charge in [-0.3, -0.25) is 11.1 Å². The summed E-state index contributed by atoms with van der Waals surface area (Å²) in [4.78, 5) is 9.84. The van der Waals surface area contributed by atoms with Gasteiger partial charge in [0.1, 0.15) is 0 Å². The van der Waals surface area contributed by atoms with E-state index in [1.165, 1.54) is 0 Å². The van der Waals surface area contributed by atoms with Crippen molar-refractivity contribution in [1.82, 2.24) is 0 Å². The monoisotopic (exact) mass is 207 g/mol. The Bertz CT molecular complexity index is 171. The number of nitrogens with two attached hydrogens (primary N) is 4. The van der Waals surface area contributed by atoms with Crippen LogP contribution in [0.1, 0.15) is 12.8 Å². The lowest BCUT2D eigenvalue weighted by atomic mass is 10.3. The lowest BCUT2D eigenvalue weighted by Crippen LogP contribution is -2.26. The normalized spacial score (nSPS) is 10.7. The molecule has 0 aliphatic rings. The second-order valence-electron chi connectivity index (χ2n) is 2.31. The molecule has 0 aliphatic carbocycles. The van der Waals surface area contributed by atoms with E-state index in [0.29, 0.717) is 19.4 Å². The summed E-state index contributed by atoms with van der Waals surface area (Å²) in [5.74, 6) is -0.333. The van der Waals surface area contributed by atoms with E-state index in [1.807, 2.05) is 0 Å². The van der Waals surface area contributed by atoms with Gasteiger partial charge in [-0.1, -0.05) is 0 Å². The van der Waals surface area contributed by atoms with Crippen LogP contribution in [-0.2, 0) is 4.74 Å². The Hall–Kier alpha value is -1.54. The van der Waals surface area contributed by atoms with E-state index in [2.05, 4.69) is 16.2 Å². The summed E-state index contributed by atoms with van der Waals surface area (Å²) in [7, 11) is 0. The molecule has 0 spiro atoms. The van der Waals surface area contributed by atoms with Crippen LogP contribution in [0.25, 0.3) is 0 Å². The summed E-state index contributed by atoms with van der Waals surface area (Å²) in [6, 6.07) is 0. The van der Waals surface area contributed by atoms with Gasteiger partial charge >= 0.3 is 6.16 Å². The number of nitrogens with one attached hydrogen (secondary N) is 1. The van der Waals surface area contributed by atoms with Crippen LogP contribution in [0.2, 0.25) is 0 Å². The third-order valence-electron chi connectivity index (χ3n) is 0.945. The van der Waals surface area contributed by atoms with Gasteiger partial charge in [-0.25, -0.2) is 4.79 Å². The molecular formula is C6H17N5O3. The molecule has 8 nitrogen and oxygen atoms in total. The van der Waals surface area contributed by atoms with Gasteiger partial charge in [0.15, 0.2) is 12.2 Å². The molecule has 0 rings (SSSR count). The van der Waals surface area contributed by atoms with Crippen molar-refractivity contribution < 1.29 is 14.6 Å². The number of carboxylic acid groups (broad SMARTS) is 1. The largest absolute Gasteiger partial charge is 0.507 e. The maximum Gasteiger partial charge on any atom is 0.507 e. The van der Waals surface area contributed by atoms with E-state index in [-0.39, 0.29) is 5.96 Å². The molecule has 1 atom stereocenters. The molecule has 84 valence electrons. The van der Waals surface area contributed by atoms with Crippen molar-refractivity contribution in [2.75, 3.05) is 6.54 Å². The molecule has 0 amide bonds. The number of rotatable bonds is 4. The predicted molar refractivity (Wildman–Crippen MR) is 51.5 cm³/mol. The minimum atomic E-state index is -1.34. The summed E-state index contributed by atoms with van der Waals surface area (Å²) in [5, 5.41) is 14.1. The summed E-state index contributed by atoms with van der Waals surface area (Å²) in [6.45, 7) is 0.497. The number of hydrogen-bond acceptors (Lipinski definition) is 5. The van der Waals surface area contributed by atoms with Crippen LogP contribution >= 0.6 is 0 Å². The fourth-order valence-corrected chi connectivity index (χ4v) is 0.507. The highest BCUT2D eigenvalue weighted by Gasteiger charge is 2.05. The van der Waals surface area contributed by atoms with Crippen molar-refractivity contribution in [2.45, 2.75) is 19.1 Å². The number of guanidine groups is 1. The number of hydrogen-bond donors (Lipinski definition) is 6. The van der Waals surface area contributed by atoms with Gasteiger partial charge in [0.25, 0.3) is 0 Å². The van der Waals surface area contributed by atoms with E-state index < -0.39 is 12.4 Å². The lowest BCUT2D eigenvalue weighted by molar-refractivity contribution is 0.0504. The minimum absolute atomic E-state index is 0.333. The maximum absolute atomic E-state index is 9.84. The third-order valence-corrected chi connectivity index (χ3v) is 0.945. The van der Waals surface area contributed by atoms with Crippen molar-refractivity contribution in [3.8, 4) is 0 Å². The van der Waals surface area contributed by atoms with Crippen LogP contribution in [0.3, 0.4) is 0 Å². The molecule has 0 fully saturated rings. The first kappa shape index (κ1) is 15.0. The van der Waals surface area contributed by atoms with Crippen LogP contribution < -0.4 is 22.9 Å². The van der Waals surface area contributed by atoms with E-state index in [9.17, 15) is 4.79 Å². The van der Waals surface area contributed by atoms with Gasteiger partial charge in [0.2, 0.25) is 0 Å². The van der Waals surface area contributed by atoms with Gasteiger partial charge in [-0.05, 0) is 19.4 Å². The summed E-state index contributed by atoms with van der Waals surface area (Å²) in [5.41, 5.74) is 19.3. The van der Waals surface area contributed by atoms with Gasteiger partial charge in [0.05, 0.1) is 0 Å². The fourth-order valence-electron chi connectivity index (χ4n) is 0.507. The van der Waals surface area contributed by atoms with E-state index in [0.717, 1.165) is 0 Å². The Morgan fingerprint density at radius 1 is 1.50 bits per heavy atom. The highest BCUT2D eigenvalue weighted by Crippen LogP contribution is 1.94. The SMILES string of the molecule is N=C(N)N.NCCCC(N)OC(=O)O. The van der Waals surface area contributed by atoms with Crippen LogP contribution in [0.5, 0.6) is 0 Å². The van der Waals surface area contributed by atoms with Crippen LogP contribution in [-0.4, -0.2) is 30.0 Å². The molecule has 10 N–H and O–H groups in total. The van der Waals surface area contributed by atoms with Crippen LogP contribution in [0.15, 0.2) is 0 Å². The molecular weight excluding hydrogens is 190 g/mol.